The standard InChI is InChI=1S/C7H11BNO/c1-5-3-7(4-10)6(2)9-8-5/h5-6,9H,3H2,1-2H3/t5?,6-/m1/s1. The molecule has 0 aliphatic carbocycles. The summed E-state index contributed by atoms with van der Waals surface area (Å²) in [5, 5.41) is 3.11. The Morgan fingerprint density at radius 3 is 2.90 bits per heavy atom. The molecule has 10 heavy (non-hydrogen) atoms. The molecule has 1 saturated heterocycles. The van der Waals surface area contributed by atoms with Gasteiger partial charge in [0.2, 0.25) is 7.41 Å². The van der Waals surface area contributed by atoms with E-state index in [1.54, 1.807) is 0 Å². The summed E-state index contributed by atoms with van der Waals surface area (Å²) in [4.78, 5) is 10.3. The molecule has 0 bridgehead atoms. The van der Waals surface area contributed by atoms with Crippen molar-refractivity contribution in [3.8, 4) is 0 Å². The van der Waals surface area contributed by atoms with Gasteiger partial charge in [0.25, 0.3) is 0 Å². The highest BCUT2D eigenvalue weighted by molar-refractivity contribution is 6.35. The Balaban J connectivity index is 2.63. The highest BCUT2D eigenvalue weighted by Gasteiger charge is 2.20. The molecule has 1 heterocycles. The predicted octanol–water partition coefficient (Wildman–Crippen LogP) is 0.554. The third-order valence-corrected chi connectivity index (χ3v) is 1.83. The van der Waals surface area contributed by atoms with Gasteiger partial charge in [0.05, 0.1) is 0 Å². The molecule has 53 valence electrons. The molecule has 2 nitrogen and oxygen atoms in total. The van der Waals surface area contributed by atoms with E-state index >= 15 is 0 Å². The van der Waals surface area contributed by atoms with Gasteiger partial charge in [-0.25, -0.2) is 4.79 Å². The lowest BCUT2D eigenvalue weighted by molar-refractivity contribution is 0.558. The molecule has 0 amide bonds. The van der Waals surface area contributed by atoms with Crippen LogP contribution in [0.15, 0.2) is 5.57 Å². The third-order valence-electron chi connectivity index (χ3n) is 1.83. The average molecular weight is 136 g/mol. The number of rotatable bonds is 0. The van der Waals surface area contributed by atoms with Gasteiger partial charge in [0.15, 0.2) is 0 Å². The quantitative estimate of drug-likeness (QED) is 0.389. The second kappa shape index (κ2) is 3.04. The minimum absolute atomic E-state index is 0.189. The SMILES string of the molecule is CC1[B]N[C@H](C)C(=C=O)C1. The zero-order valence-corrected chi connectivity index (χ0v) is 6.35. The van der Waals surface area contributed by atoms with E-state index in [0.717, 1.165) is 12.0 Å². The molecule has 0 saturated carbocycles. The van der Waals surface area contributed by atoms with Crippen LogP contribution >= 0.6 is 0 Å². The molecule has 1 unspecified atom stereocenters. The van der Waals surface area contributed by atoms with Crippen molar-refractivity contribution < 1.29 is 4.79 Å². The van der Waals surface area contributed by atoms with E-state index in [-0.39, 0.29) is 6.04 Å². The number of nitrogens with one attached hydrogen (secondary N) is 1. The van der Waals surface area contributed by atoms with Gasteiger partial charge in [-0.15, -0.1) is 0 Å². The molecule has 1 N–H and O–H groups in total. The van der Waals surface area contributed by atoms with Crippen molar-refractivity contribution in [2.45, 2.75) is 32.1 Å². The van der Waals surface area contributed by atoms with Crippen LogP contribution in [-0.2, 0) is 4.79 Å². The lowest BCUT2D eigenvalue weighted by atomic mass is 9.68. The van der Waals surface area contributed by atoms with Crippen molar-refractivity contribution >= 4 is 13.4 Å². The smallest absolute Gasteiger partial charge is 0.209 e. The average Bonchev–Trinajstić information content (AvgIpc) is 1.94. The lowest BCUT2D eigenvalue weighted by Gasteiger charge is -2.24. The van der Waals surface area contributed by atoms with E-state index in [0.29, 0.717) is 5.82 Å². The molecule has 0 aromatic carbocycles. The molecule has 1 rings (SSSR count). The number of carbonyl (C=O) groups excluding carboxylic acids is 1. The minimum Gasteiger partial charge on any atom is -0.354 e. The Kier molecular flexibility index (Phi) is 2.31. The molecule has 1 fully saturated rings. The molecule has 0 aromatic heterocycles. The molecular weight excluding hydrogens is 125 g/mol. The summed E-state index contributed by atoms with van der Waals surface area (Å²) >= 11 is 0. The summed E-state index contributed by atoms with van der Waals surface area (Å²) in [5.41, 5.74) is 0.856. The van der Waals surface area contributed by atoms with Gasteiger partial charge in [-0.1, -0.05) is 12.7 Å². The van der Waals surface area contributed by atoms with Gasteiger partial charge in [0.1, 0.15) is 5.94 Å². The number of hydrogen-bond donors (Lipinski definition) is 1. The zero-order chi connectivity index (χ0) is 7.56. The first-order chi connectivity index (χ1) is 4.74. The molecule has 3 heteroatoms. The van der Waals surface area contributed by atoms with Crippen LogP contribution in [0.4, 0.5) is 0 Å². The Bertz CT molecular complexity index is 174. The van der Waals surface area contributed by atoms with Crippen LogP contribution in [-0.4, -0.2) is 19.4 Å². The first-order valence-corrected chi connectivity index (χ1v) is 3.57. The van der Waals surface area contributed by atoms with E-state index in [4.69, 9.17) is 0 Å². The Morgan fingerprint density at radius 1 is 1.70 bits per heavy atom. The second-order valence-corrected chi connectivity index (χ2v) is 2.86. The molecule has 1 aliphatic rings. The largest absolute Gasteiger partial charge is 0.354 e. The van der Waals surface area contributed by atoms with Crippen LogP contribution in [0.3, 0.4) is 0 Å². The van der Waals surface area contributed by atoms with Crippen molar-refractivity contribution in [2.24, 2.45) is 0 Å². The van der Waals surface area contributed by atoms with Crippen molar-refractivity contribution in [2.75, 3.05) is 0 Å². The van der Waals surface area contributed by atoms with Gasteiger partial charge >= 0.3 is 0 Å². The summed E-state index contributed by atoms with van der Waals surface area (Å²) in [6.45, 7) is 4.05. The van der Waals surface area contributed by atoms with Gasteiger partial charge in [-0.2, -0.15) is 0 Å². The maximum atomic E-state index is 10.3. The van der Waals surface area contributed by atoms with E-state index in [1.165, 1.54) is 0 Å². The van der Waals surface area contributed by atoms with Gasteiger partial charge < -0.3 is 5.23 Å². The Hall–Kier alpha value is -0.525. The highest BCUT2D eigenvalue weighted by Crippen LogP contribution is 2.19. The first kappa shape index (κ1) is 7.58. The molecule has 1 aliphatic heterocycles. The maximum Gasteiger partial charge on any atom is 0.209 e. The molecule has 1 radical (unpaired) electrons. The molecule has 2 atom stereocenters. The van der Waals surface area contributed by atoms with Crippen molar-refractivity contribution in [1.29, 1.82) is 0 Å². The monoisotopic (exact) mass is 136 g/mol. The van der Waals surface area contributed by atoms with E-state index in [1.807, 2.05) is 20.3 Å². The van der Waals surface area contributed by atoms with Gasteiger partial charge in [-0.05, 0) is 13.3 Å². The normalized spacial score (nSPS) is 32.8. The molecule has 0 aromatic rings. The second-order valence-electron chi connectivity index (χ2n) is 2.86. The molecular formula is C7H11BNO. The predicted molar refractivity (Wildman–Crippen MR) is 41.6 cm³/mol. The summed E-state index contributed by atoms with van der Waals surface area (Å²) < 4.78 is 0. The van der Waals surface area contributed by atoms with Gasteiger partial charge in [0, 0.05) is 11.6 Å². The van der Waals surface area contributed by atoms with Crippen LogP contribution in [0.1, 0.15) is 20.3 Å². The number of hydrogen-bond acceptors (Lipinski definition) is 2. The molecule has 0 spiro atoms. The van der Waals surface area contributed by atoms with E-state index < -0.39 is 0 Å². The highest BCUT2D eigenvalue weighted by atomic mass is 16.1. The van der Waals surface area contributed by atoms with Crippen LogP contribution in [0.5, 0.6) is 0 Å². The maximum absolute atomic E-state index is 10.3. The zero-order valence-electron chi connectivity index (χ0n) is 6.35. The lowest BCUT2D eigenvalue weighted by Crippen LogP contribution is -2.38. The van der Waals surface area contributed by atoms with Gasteiger partial charge in [-0.3, -0.25) is 0 Å². The summed E-state index contributed by atoms with van der Waals surface area (Å²) in [5.74, 6) is 2.43. The topological polar surface area (TPSA) is 29.1 Å². The summed E-state index contributed by atoms with van der Waals surface area (Å²) in [7, 11) is 2.03. The third kappa shape index (κ3) is 1.50. The Labute approximate surface area is 62.0 Å². The van der Waals surface area contributed by atoms with Crippen LogP contribution in [0.2, 0.25) is 5.82 Å². The van der Waals surface area contributed by atoms with Crippen molar-refractivity contribution in [3.05, 3.63) is 5.57 Å². The van der Waals surface area contributed by atoms with Crippen LogP contribution < -0.4 is 5.23 Å². The summed E-state index contributed by atoms with van der Waals surface area (Å²) in [6, 6.07) is 0.189. The van der Waals surface area contributed by atoms with E-state index in [9.17, 15) is 4.79 Å². The fraction of sp³-hybridized carbons (Fsp3) is 0.714. The van der Waals surface area contributed by atoms with Crippen molar-refractivity contribution in [3.63, 3.8) is 0 Å². The van der Waals surface area contributed by atoms with E-state index in [2.05, 4.69) is 12.2 Å². The van der Waals surface area contributed by atoms with Crippen LogP contribution in [0.25, 0.3) is 0 Å². The fourth-order valence-electron chi connectivity index (χ4n) is 1.12. The fourth-order valence-corrected chi connectivity index (χ4v) is 1.12. The van der Waals surface area contributed by atoms with Crippen LogP contribution in [0, 0.1) is 0 Å². The Morgan fingerprint density at radius 2 is 2.40 bits per heavy atom. The minimum atomic E-state index is 0.189. The van der Waals surface area contributed by atoms with Crippen molar-refractivity contribution in [1.82, 2.24) is 5.23 Å². The first-order valence-electron chi connectivity index (χ1n) is 3.57. The summed E-state index contributed by atoms with van der Waals surface area (Å²) in [6.07, 6.45) is 0.859.